The van der Waals surface area contributed by atoms with Gasteiger partial charge in [0.05, 0.1) is 6.54 Å². The summed E-state index contributed by atoms with van der Waals surface area (Å²) in [6, 6.07) is 19.1. The first-order chi connectivity index (χ1) is 15.3. The molecule has 8 nitrogen and oxygen atoms in total. The number of carbonyl (C=O) groups is 2. The van der Waals surface area contributed by atoms with Crippen molar-refractivity contribution in [2.24, 2.45) is 0 Å². The van der Waals surface area contributed by atoms with Gasteiger partial charge in [-0.1, -0.05) is 18.2 Å². The van der Waals surface area contributed by atoms with Crippen LogP contribution in [0.4, 0.5) is 4.79 Å². The monoisotopic (exact) mass is 436 g/mol. The maximum absolute atomic E-state index is 12.9. The lowest BCUT2D eigenvalue weighted by atomic mass is 9.99. The third-order valence-electron chi connectivity index (χ3n) is 5.15. The number of aliphatic hydroxyl groups is 1. The second-order valence-corrected chi connectivity index (χ2v) is 7.73. The van der Waals surface area contributed by atoms with Crippen LogP contribution in [-0.2, 0) is 10.3 Å². The molecule has 3 amide bonds. The van der Waals surface area contributed by atoms with E-state index >= 15 is 0 Å². The Bertz CT molecular complexity index is 1100. The Balaban J connectivity index is 1.31. The van der Waals surface area contributed by atoms with E-state index in [0.717, 1.165) is 10.6 Å². The summed E-state index contributed by atoms with van der Waals surface area (Å²) in [4.78, 5) is 26.2. The minimum Gasteiger partial charge on any atom is -0.491 e. The molecule has 166 valence electrons. The highest BCUT2D eigenvalue weighted by Crippen LogP contribution is 2.30. The van der Waals surface area contributed by atoms with Crippen LogP contribution in [0, 0.1) is 6.92 Å². The van der Waals surface area contributed by atoms with Gasteiger partial charge in [0.2, 0.25) is 0 Å². The smallest absolute Gasteiger partial charge is 0.325 e. The molecular weight excluding hydrogens is 412 g/mol. The van der Waals surface area contributed by atoms with Gasteiger partial charge in [-0.15, -0.1) is 0 Å². The number of β-amino-alcohol motifs (C(OH)–C–C–N with tert-alkyl or cyclic N) is 1. The zero-order chi connectivity index (χ0) is 22.7. The van der Waals surface area contributed by atoms with Crippen molar-refractivity contribution in [3.63, 3.8) is 0 Å². The van der Waals surface area contributed by atoms with E-state index in [-0.39, 0.29) is 13.2 Å². The Morgan fingerprint density at radius 2 is 1.66 bits per heavy atom. The van der Waals surface area contributed by atoms with Crippen LogP contribution >= 0.6 is 0 Å². The molecule has 32 heavy (non-hydrogen) atoms. The molecule has 2 heterocycles. The zero-order valence-electron chi connectivity index (χ0n) is 17.8. The zero-order valence-corrected chi connectivity index (χ0v) is 17.8. The van der Waals surface area contributed by atoms with E-state index in [2.05, 4.69) is 5.32 Å². The number of aryl methyl sites for hydroxylation is 1. The van der Waals surface area contributed by atoms with E-state index in [1.54, 1.807) is 50.2 Å². The number of imide groups is 1. The van der Waals surface area contributed by atoms with Crippen LogP contribution in [0.15, 0.2) is 71.1 Å². The van der Waals surface area contributed by atoms with Gasteiger partial charge in [0.15, 0.2) is 5.54 Å². The highest BCUT2D eigenvalue weighted by molar-refractivity contribution is 6.06. The third kappa shape index (κ3) is 4.45. The minimum absolute atomic E-state index is 0.0908. The number of carbonyl (C=O) groups excluding carboxylic acids is 2. The van der Waals surface area contributed by atoms with Gasteiger partial charge in [0.25, 0.3) is 5.91 Å². The molecule has 3 aromatic rings. The Hall–Kier alpha value is -3.78. The predicted molar refractivity (Wildman–Crippen MR) is 116 cm³/mol. The number of nitrogens with zero attached hydrogens (tertiary/aromatic N) is 1. The second kappa shape index (κ2) is 8.76. The lowest BCUT2D eigenvalue weighted by Gasteiger charge is -2.21. The molecule has 0 spiro atoms. The first-order valence-corrected chi connectivity index (χ1v) is 10.2. The normalized spacial score (nSPS) is 19.0. The van der Waals surface area contributed by atoms with Crippen molar-refractivity contribution in [3.05, 3.63) is 78.3 Å². The summed E-state index contributed by atoms with van der Waals surface area (Å²) >= 11 is 0. The molecule has 1 aliphatic heterocycles. The second-order valence-electron chi connectivity index (χ2n) is 7.73. The average molecular weight is 436 g/mol. The Kier molecular flexibility index (Phi) is 5.87. The largest absolute Gasteiger partial charge is 0.491 e. The summed E-state index contributed by atoms with van der Waals surface area (Å²) in [6.45, 7) is 3.04. The molecule has 1 aromatic heterocycles. The van der Waals surface area contributed by atoms with Crippen LogP contribution in [0.25, 0.3) is 0 Å². The third-order valence-corrected chi connectivity index (χ3v) is 5.15. The van der Waals surface area contributed by atoms with E-state index < -0.39 is 23.6 Å². The molecule has 1 aliphatic rings. The molecule has 2 N–H and O–H groups in total. The van der Waals surface area contributed by atoms with Crippen molar-refractivity contribution < 1.29 is 28.6 Å². The van der Waals surface area contributed by atoms with Gasteiger partial charge in [0.1, 0.15) is 41.5 Å². The molecular formula is C24H24N2O6. The Labute approximate surface area is 185 Å². The van der Waals surface area contributed by atoms with Crippen LogP contribution in [0.2, 0.25) is 0 Å². The number of ether oxygens (including phenoxy) is 2. The highest BCUT2D eigenvalue weighted by Gasteiger charge is 2.51. The van der Waals surface area contributed by atoms with E-state index in [0.29, 0.717) is 23.0 Å². The molecule has 0 radical (unpaired) electrons. The van der Waals surface area contributed by atoms with Gasteiger partial charge >= 0.3 is 6.03 Å². The quantitative estimate of drug-likeness (QED) is 0.524. The number of hydrogen-bond acceptors (Lipinski definition) is 6. The summed E-state index contributed by atoms with van der Waals surface area (Å²) in [5.74, 6) is 2.39. The maximum atomic E-state index is 12.9. The molecule has 2 unspecified atom stereocenters. The fourth-order valence-electron chi connectivity index (χ4n) is 3.42. The molecule has 1 saturated heterocycles. The standard InChI is InChI=1S/C24H24N2O6/c1-16-8-13-21(31-16)24(2)22(28)26(23(29)25-24)14-17(27)15-30-18-9-11-20(12-10-18)32-19-6-4-3-5-7-19/h3-13,17,27H,14-15H2,1-2H3,(H,25,29). The fourth-order valence-corrected chi connectivity index (χ4v) is 3.42. The number of nitrogens with one attached hydrogen (secondary N) is 1. The number of rotatable bonds is 8. The van der Waals surface area contributed by atoms with Crippen molar-refractivity contribution in [3.8, 4) is 17.2 Å². The number of furan rings is 1. The van der Waals surface area contributed by atoms with E-state index in [9.17, 15) is 14.7 Å². The van der Waals surface area contributed by atoms with E-state index in [1.807, 2.05) is 30.3 Å². The number of aliphatic hydroxyl groups excluding tert-OH is 1. The lowest BCUT2D eigenvalue weighted by Crippen LogP contribution is -2.42. The van der Waals surface area contributed by atoms with Gasteiger partial charge in [-0.25, -0.2) is 4.79 Å². The van der Waals surface area contributed by atoms with Crippen molar-refractivity contribution in [2.45, 2.75) is 25.5 Å². The molecule has 4 rings (SSSR count). The van der Waals surface area contributed by atoms with Crippen LogP contribution in [0.3, 0.4) is 0 Å². The fraction of sp³-hybridized carbons (Fsp3) is 0.250. The number of benzene rings is 2. The summed E-state index contributed by atoms with van der Waals surface area (Å²) in [5, 5.41) is 13.0. The molecule has 8 heteroatoms. The summed E-state index contributed by atoms with van der Waals surface area (Å²) in [7, 11) is 0. The number of para-hydroxylation sites is 1. The van der Waals surface area contributed by atoms with Gasteiger partial charge in [-0.2, -0.15) is 0 Å². The molecule has 0 saturated carbocycles. The van der Waals surface area contributed by atoms with Crippen LogP contribution in [0.5, 0.6) is 17.2 Å². The van der Waals surface area contributed by atoms with Crippen molar-refractivity contribution in [1.82, 2.24) is 10.2 Å². The van der Waals surface area contributed by atoms with Gasteiger partial charge in [-0.3, -0.25) is 9.69 Å². The predicted octanol–water partition coefficient (Wildman–Crippen LogP) is 3.59. The lowest BCUT2D eigenvalue weighted by molar-refractivity contribution is -0.132. The average Bonchev–Trinajstić information content (AvgIpc) is 3.32. The SMILES string of the molecule is Cc1ccc(C2(C)NC(=O)N(CC(O)COc3ccc(Oc4ccccc4)cc3)C2=O)o1. The Morgan fingerprint density at radius 1 is 1.00 bits per heavy atom. The number of amides is 3. The summed E-state index contributed by atoms with van der Waals surface area (Å²) < 4.78 is 16.9. The van der Waals surface area contributed by atoms with Crippen molar-refractivity contribution in [1.29, 1.82) is 0 Å². The molecule has 2 aromatic carbocycles. The van der Waals surface area contributed by atoms with Crippen molar-refractivity contribution in [2.75, 3.05) is 13.2 Å². The van der Waals surface area contributed by atoms with Gasteiger partial charge in [0, 0.05) is 0 Å². The highest BCUT2D eigenvalue weighted by atomic mass is 16.5. The molecule has 0 bridgehead atoms. The molecule has 1 fully saturated rings. The van der Waals surface area contributed by atoms with Crippen LogP contribution in [-0.4, -0.2) is 41.2 Å². The Morgan fingerprint density at radius 3 is 2.31 bits per heavy atom. The van der Waals surface area contributed by atoms with Crippen molar-refractivity contribution >= 4 is 11.9 Å². The van der Waals surface area contributed by atoms with Gasteiger partial charge in [-0.05, 0) is 62.4 Å². The number of urea groups is 1. The minimum atomic E-state index is -1.31. The first-order valence-electron chi connectivity index (χ1n) is 10.2. The topological polar surface area (TPSA) is 101 Å². The van der Waals surface area contributed by atoms with Gasteiger partial charge < -0.3 is 24.3 Å². The summed E-state index contributed by atoms with van der Waals surface area (Å²) in [6.07, 6.45) is -1.06. The summed E-state index contributed by atoms with van der Waals surface area (Å²) in [5.41, 5.74) is -1.31. The van der Waals surface area contributed by atoms with Crippen LogP contribution in [0.1, 0.15) is 18.4 Å². The van der Waals surface area contributed by atoms with Crippen LogP contribution < -0.4 is 14.8 Å². The van der Waals surface area contributed by atoms with E-state index in [4.69, 9.17) is 13.9 Å². The number of hydrogen-bond donors (Lipinski definition) is 2. The first kappa shape index (κ1) is 21.5. The molecule has 0 aliphatic carbocycles. The maximum Gasteiger partial charge on any atom is 0.325 e. The molecule has 2 atom stereocenters. The van der Waals surface area contributed by atoms with E-state index in [1.165, 1.54) is 0 Å².